The van der Waals surface area contributed by atoms with Gasteiger partial charge in [0.2, 0.25) is 11.8 Å². The largest absolute Gasteiger partial charge is 0.457 e. The summed E-state index contributed by atoms with van der Waals surface area (Å²) < 4.78 is 31.5. The number of hydrogen-bond acceptors (Lipinski definition) is 6. The number of thiocarbonyl (C=S) groups is 1. The summed E-state index contributed by atoms with van der Waals surface area (Å²) in [6.07, 6.45) is 2.70. The molecular weight excluding hydrogens is 521 g/mol. The molecule has 3 rings (SSSR count). The molecule has 0 atom stereocenters. The second-order valence-electron chi connectivity index (χ2n) is 6.77. The lowest BCUT2D eigenvalue weighted by molar-refractivity contribution is -0.117. The van der Waals surface area contributed by atoms with Gasteiger partial charge in [0.1, 0.15) is 11.5 Å². The molecule has 176 valence electrons. The number of sulfonamides is 1. The van der Waals surface area contributed by atoms with Gasteiger partial charge in [0.05, 0.1) is 14.9 Å². The molecule has 0 saturated carbocycles. The lowest BCUT2D eigenvalue weighted by Gasteiger charge is -2.09. The van der Waals surface area contributed by atoms with Crippen molar-refractivity contribution in [2.45, 2.75) is 11.8 Å². The molecule has 2 amide bonds. The van der Waals surface area contributed by atoms with Crippen molar-refractivity contribution in [3.63, 3.8) is 0 Å². The predicted molar refractivity (Wildman–Crippen MR) is 135 cm³/mol. The Kier molecular flexibility index (Phi) is 8.11. The predicted octanol–water partition coefficient (Wildman–Crippen LogP) is 4.60. The average Bonchev–Trinajstić information content (AvgIpc) is 3.22. The Labute approximate surface area is 211 Å². The van der Waals surface area contributed by atoms with Crippen LogP contribution in [0.15, 0.2) is 70.0 Å². The molecule has 0 spiro atoms. The van der Waals surface area contributed by atoms with E-state index in [1.807, 2.05) is 4.72 Å². The SMILES string of the molecule is CC(=O)NS(=O)(=O)c1ccc(NC(=S)NC(=O)C=Cc2ccc(-c3cccc(Cl)c3Cl)o2)cc1. The van der Waals surface area contributed by atoms with Crippen molar-refractivity contribution in [2.75, 3.05) is 5.32 Å². The minimum atomic E-state index is -3.94. The molecule has 0 aliphatic heterocycles. The Bertz CT molecular complexity index is 1380. The maximum absolute atomic E-state index is 12.2. The van der Waals surface area contributed by atoms with Gasteiger partial charge >= 0.3 is 0 Å². The quantitative estimate of drug-likeness (QED) is 0.310. The van der Waals surface area contributed by atoms with Crippen LogP contribution in [0.4, 0.5) is 5.69 Å². The van der Waals surface area contributed by atoms with Gasteiger partial charge < -0.3 is 9.73 Å². The van der Waals surface area contributed by atoms with Crippen LogP contribution < -0.4 is 15.4 Å². The molecule has 0 unspecified atom stereocenters. The highest BCUT2D eigenvalue weighted by atomic mass is 35.5. The number of halogens is 2. The van der Waals surface area contributed by atoms with E-state index < -0.39 is 21.8 Å². The highest BCUT2D eigenvalue weighted by molar-refractivity contribution is 7.90. The summed E-state index contributed by atoms with van der Waals surface area (Å²) in [5.41, 5.74) is 1.06. The minimum Gasteiger partial charge on any atom is -0.457 e. The molecule has 2 aromatic carbocycles. The van der Waals surface area contributed by atoms with Crippen LogP contribution in [0.5, 0.6) is 0 Å². The van der Waals surface area contributed by atoms with E-state index in [-0.39, 0.29) is 10.0 Å². The molecule has 0 aliphatic carbocycles. The summed E-state index contributed by atoms with van der Waals surface area (Å²) in [5.74, 6) is -0.302. The zero-order valence-electron chi connectivity index (χ0n) is 17.5. The topological polar surface area (TPSA) is 118 Å². The van der Waals surface area contributed by atoms with Crippen molar-refractivity contribution < 1.29 is 22.4 Å². The fourth-order valence-corrected chi connectivity index (χ4v) is 4.32. The molecular formula is C22H17Cl2N3O5S2. The summed E-state index contributed by atoms with van der Waals surface area (Å²) in [6.45, 7) is 1.10. The number of nitrogens with one attached hydrogen (secondary N) is 3. The lowest BCUT2D eigenvalue weighted by atomic mass is 10.2. The maximum Gasteiger partial charge on any atom is 0.264 e. The van der Waals surface area contributed by atoms with Crippen molar-refractivity contribution in [1.82, 2.24) is 10.0 Å². The number of rotatable bonds is 6. The smallest absolute Gasteiger partial charge is 0.264 e. The van der Waals surface area contributed by atoms with Crippen LogP contribution in [-0.4, -0.2) is 25.3 Å². The van der Waals surface area contributed by atoms with Crippen LogP contribution in [0.25, 0.3) is 17.4 Å². The summed E-state index contributed by atoms with van der Waals surface area (Å²) >= 11 is 17.3. The maximum atomic E-state index is 12.2. The number of hydrogen-bond donors (Lipinski definition) is 3. The van der Waals surface area contributed by atoms with E-state index in [1.165, 1.54) is 36.4 Å². The first-order chi connectivity index (χ1) is 16.0. The zero-order valence-corrected chi connectivity index (χ0v) is 20.6. The van der Waals surface area contributed by atoms with Gasteiger partial charge in [-0.3, -0.25) is 14.9 Å². The summed E-state index contributed by atoms with van der Waals surface area (Å²) in [7, 11) is -3.94. The molecule has 1 heterocycles. The lowest BCUT2D eigenvalue weighted by Crippen LogP contribution is -2.32. The number of benzene rings is 2. The molecule has 1 aromatic heterocycles. The second-order valence-corrected chi connectivity index (χ2v) is 9.64. The Balaban J connectivity index is 1.57. The van der Waals surface area contributed by atoms with Crippen LogP contribution in [0.1, 0.15) is 12.7 Å². The van der Waals surface area contributed by atoms with E-state index >= 15 is 0 Å². The second kappa shape index (κ2) is 10.8. The van der Waals surface area contributed by atoms with Crippen LogP contribution in [0, 0.1) is 0 Å². The van der Waals surface area contributed by atoms with Gasteiger partial charge in [-0.05, 0) is 66.8 Å². The molecule has 0 saturated heterocycles. The first-order valence-electron chi connectivity index (χ1n) is 9.53. The van der Waals surface area contributed by atoms with E-state index in [1.54, 1.807) is 30.3 Å². The number of carbonyl (C=O) groups is 2. The minimum absolute atomic E-state index is 0.00189. The van der Waals surface area contributed by atoms with Crippen molar-refractivity contribution >= 4 is 74.1 Å². The molecule has 0 radical (unpaired) electrons. The highest BCUT2D eigenvalue weighted by Crippen LogP contribution is 2.34. The molecule has 0 bridgehead atoms. The zero-order chi connectivity index (χ0) is 24.9. The fraction of sp³-hybridized carbons (Fsp3) is 0.0455. The molecule has 8 nitrogen and oxygen atoms in total. The number of carbonyl (C=O) groups excluding carboxylic acids is 2. The first-order valence-corrected chi connectivity index (χ1v) is 12.2. The van der Waals surface area contributed by atoms with Gasteiger partial charge in [-0.25, -0.2) is 13.1 Å². The normalized spacial score (nSPS) is 11.3. The van der Waals surface area contributed by atoms with Crippen LogP contribution in [0.2, 0.25) is 10.0 Å². The monoisotopic (exact) mass is 537 g/mol. The number of furan rings is 1. The van der Waals surface area contributed by atoms with Crippen LogP contribution in [0.3, 0.4) is 0 Å². The van der Waals surface area contributed by atoms with E-state index in [9.17, 15) is 18.0 Å². The van der Waals surface area contributed by atoms with Gasteiger partial charge in [0.25, 0.3) is 10.0 Å². The van der Waals surface area contributed by atoms with E-state index in [2.05, 4.69) is 10.6 Å². The summed E-state index contributed by atoms with van der Waals surface area (Å²) in [6, 6.07) is 14.0. The van der Waals surface area contributed by atoms with Gasteiger partial charge in [0, 0.05) is 24.3 Å². The van der Waals surface area contributed by atoms with Crippen molar-refractivity contribution in [3.8, 4) is 11.3 Å². The highest BCUT2D eigenvalue weighted by Gasteiger charge is 2.15. The Morgan fingerprint density at radius 3 is 2.41 bits per heavy atom. The van der Waals surface area contributed by atoms with Gasteiger partial charge in [-0.2, -0.15) is 0 Å². The third kappa shape index (κ3) is 6.67. The Morgan fingerprint density at radius 1 is 1.03 bits per heavy atom. The van der Waals surface area contributed by atoms with Crippen molar-refractivity contribution in [2.24, 2.45) is 0 Å². The van der Waals surface area contributed by atoms with Gasteiger partial charge in [-0.15, -0.1) is 0 Å². The summed E-state index contributed by atoms with van der Waals surface area (Å²) in [5, 5.41) is 5.99. The average molecular weight is 538 g/mol. The molecule has 3 aromatic rings. The van der Waals surface area contributed by atoms with Crippen LogP contribution >= 0.6 is 35.4 Å². The molecule has 3 N–H and O–H groups in total. The standard InChI is InChI=1S/C22H17Cl2N3O5S2/c1-13(28)27-34(30,31)16-9-5-14(6-10-16)25-22(33)26-20(29)12-8-15-7-11-19(32-15)17-3-2-4-18(23)21(17)24/h2-12H,1H3,(H,27,28)(H2,25,26,29,33). The third-order valence-electron chi connectivity index (χ3n) is 4.18. The van der Waals surface area contributed by atoms with Gasteiger partial charge in [0.15, 0.2) is 5.11 Å². The third-order valence-corrected chi connectivity index (χ3v) is 6.65. The molecule has 0 fully saturated rings. The Morgan fingerprint density at radius 2 is 1.74 bits per heavy atom. The van der Waals surface area contributed by atoms with E-state index in [4.69, 9.17) is 39.8 Å². The van der Waals surface area contributed by atoms with E-state index in [0.717, 1.165) is 6.92 Å². The molecule has 34 heavy (non-hydrogen) atoms. The van der Waals surface area contributed by atoms with Crippen molar-refractivity contribution in [1.29, 1.82) is 0 Å². The number of anilines is 1. The van der Waals surface area contributed by atoms with Crippen LogP contribution in [-0.2, 0) is 19.6 Å². The first kappa shape index (κ1) is 25.4. The van der Waals surface area contributed by atoms with Gasteiger partial charge in [-0.1, -0.05) is 29.3 Å². The number of amides is 2. The summed E-state index contributed by atoms with van der Waals surface area (Å²) in [4.78, 5) is 23.1. The fourth-order valence-electron chi connectivity index (χ4n) is 2.72. The molecule has 0 aliphatic rings. The Hall–Kier alpha value is -3.18. The van der Waals surface area contributed by atoms with E-state index in [0.29, 0.717) is 32.8 Å². The van der Waals surface area contributed by atoms with Crippen molar-refractivity contribution in [3.05, 3.63) is 76.5 Å². The molecule has 12 heteroatoms.